The lowest BCUT2D eigenvalue weighted by molar-refractivity contribution is -0.141. The summed E-state index contributed by atoms with van der Waals surface area (Å²) in [6, 6.07) is 25.8. The van der Waals surface area contributed by atoms with Gasteiger partial charge in [0.15, 0.2) is 11.5 Å². The molecule has 5 aromatic rings. The second-order valence-corrected chi connectivity index (χ2v) is 31.4. The number of dihydropyridines is 1. The molecule has 16 rings (SSSR count). The van der Waals surface area contributed by atoms with Crippen LogP contribution in [0.1, 0.15) is 144 Å². The van der Waals surface area contributed by atoms with Crippen LogP contribution in [0.5, 0.6) is 28.7 Å². The maximum absolute atomic E-state index is 14.2. The van der Waals surface area contributed by atoms with Crippen molar-refractivity contribution in [2.24, 2.45) is 41.2 Å². The first-order valence-electron chi connectivity index (χ1n) is 34.6. The molecule has 0 radical (unpaired) electrons. The molecule has 5 aromatic carbocycles. The number of phenols is 2. The summed E-state index contributed by atoms with van der Waals surface area (Å²) in [6.45, 7) is 1.94. The van der Waals surface area contributed by atoms with Crippen molar-refractivity contribution < 1.29 is 43.8 Å². The molecule has 5 aliphatic carbocycles. The summed E-state index contributed by atoms with van der Waals surface area (Å²) in [6.07, 6.45) is 19.3. The summed E-state index contributed by atoms with van der Waals surface area (Å²) in [5.41, 5.74) is 21.2. The van der Waals surface area contributed by atoms with E-state index in [1.165, 1.54) is 35.6 Å². The van der Waals surface area contributed by atoms with Gasteiger partial charge < -0.3 is 60.7 Å². The zero-order valence-corrected chi connectivity index (χ0v) is 55.7. The van der Waals surface area contributed by atoms with E-state index in [0.717, 1.165) is 127 Å². The highest BCUT2D eigenvalue weighted by molar-refractivity contribution is 8.77. The zero-order chi connectivity index (χ0) is 63.9. The third-order valence-electron chi connectivity index (χ3n) is 23.3. The number of rotatable bonds is 8. The van der Waals surface area contributed by atoms with Crippen molar-refractivity contribution in [2.75, 3.05) is 39.8 Å². The van der Waals surface area contributed by atoms with Gasteiger partial charge in [-0.1, -0.05) is 125 Å². The van der Waals surface area contributed by atoms with Crippen LogP contribution in [0.3, 0.4) is 0 Å². The number of aryl methyl sites for hydroxylation is 1. The molecule has 11 aliphatic rings. The van der Waals surface area contributed by atoms with Gasteiger partial charge in [-0.15, -0.1) is 0 Å². The summed E-state index contributed by atoms with van der Waals surface area (Å²) < 4.78 is 35.0. The molecule has 6 heterocycles. The van der Waals surface area contributed by atoms with Crippen LogP contribution in [0, 0.1) is 59.2 Å². The predicted octanol–water partition coefficient (Wildman–Crippen LogP) is 12.0. The normalized spacial score (nSPS) is 32.1. The van der Waals surface area contributed by atoms with Gasteiger partial charge in [0.2, 0.25) is 0 Å². The summed E-state index contributed by atoms with van der Waals surface area (Å²) >= 11 is 0. The van der Waals surface area contributed by atoms with Gasteiger partial charge in [0.05, 0.1) is 42.8 Å². The molecule has 1 saturated heterocycles. The standard InChI is InChI=1S/C79H86N4O9S2/c1-43(85)90-41-63-56-20-21-57-70-52(34-54(86)35-67(70)89-3)37-79-28-27-50(36-79)59-31-45-15-16-47-12-8-14-64-61(39-84)62(40-88-2)49(33-51(47)29-45)18-17-48(19-24-65-55(59)23-26-69(80)83-65)71-60(38-81-64)74(87)77-58(72(71)75(63)91-76(56)73(57)79)22-25-66-78(92-77)68(32-44-9-5-4-6-10-44)94-93-42-46-11-7-13-53(30-46)82-66/h4-6,9-10,15-16,20-23,25-26,29,34-35,46,48-50,53,59,61-64,66,68-69,75,78,81-84,86-87H,7-8,11-14,27-28,30-33,36-42,80H2,1-3H3/t46-,48+,49-,50-,53+,59-,61-,62-,63+,64-,66-,68-,69?,75+,78-,79+/m1/s1. The summed E-state index contributed by atoms with van der Waals surface area (Å²) in [5, 5.41) is 49.6. The van der Waals surface area contributed by atoms with E-state index in [9.17, 15) is 20.1 Å². The third-order valence-corrected chi connectivity index (χ3v) is 26.3. The number of allylic oxidation sites excluding steroid dienone is 3. The second-order valence-electron chi connectivity index (χ2n) is 28.8. The van der Waals surface area contributed by atoms with Crippen LogP contribution in [0.15, 0.2) is 102 Å². The fourth-order valence-electron chi connectivity index (χ4n) is 19.0. The van der Waals surface area contributed by atoms with E-state index in [1.807, 2.05) is 27.7 Å². The van der Waals surface area contributed by atoms with Gasteiger partial charge in [0.1, 0.15) is 42.0 Å². The average molecular weight is 1300 g/mol. The van der Waals surface area contributed by atoms with Crippen molar-refractivity contribution in [1.82, 2.24) is 16.0 Å². The van der Waals surface area contributed by atoms with Gasteiger partial charge in [-0.25, -0.2) is 0 Å². The van der Waals surface area contributed by atoms with Crippen molar-refractivity contribution in [2.45, 2.75) is 162 Å². The van der Waals surface area contributed by atoms with Gasteiger partial charge in [-0.3, -0.25) is 4.79 Å². The Hall–Kier alpha value is -6.79. The number of aliphatic hydroxyl groups is 1. The Morgan fingerprint density at radius 1 is 0.883 bits per heavy atom. The van der Waals surface area contributed by atoms with Crippen molar-refractivity contribution in [3.63, 3.8) is 0 Å². The minimum absolute atomic E-state index is 0.000683. The van der Waals surface area contributed by atoms with Gasteiger partial charge in [0, 0.05) is 108 Å². The fraction of sp³-hybridized carbons (Fsp3) is 0.481. The third kappa shape index (κ3) is 11.2. The molecule has 8 N–H and O–H groups in total. The largest absolute Gasteiger partial charge is 0.508 e. The SMILES string of the molecule is COC[C@H]1[C@@H](CO)[C@H]2CCCc3ccc4cc3C[C@H]1C#C[C@H]1C#CC3=C(C=CC(N)N3)[C@H](C4)[C@@H]3CC[C@@]4(Cc5cc(O)cc(OC)c5-c5ccc6c(c54)O[C@H](c4c5c(c(O)c(c41)CN2)O[C@@H]1[C@@H](C=C5)N[C@H]2CCC[C@@H](CSS[C@@H]1Cc1ccccc1)C2)[C@H]6COC(C)=O)C3. The number of esters is 1. The Morgan fingerprint density at radius 3 is 2.63 bits per heavy atom. The Labute approximate surface area is 560 Å². The molecular weight excluding hydrogens is 1210 g/mol. The van der Waals surface area contributed by atoms with Crippen LogP contribution < -0.4 is 35.9 Å². The number of nitrogens with one attached hydrogen (secondary N) is 3. The van der Waals surface area contributed by atoms with Crippen molar-refractivity contribution >= 4 is 33.6 Å². The highest BCUT2D eigenvalue weighted by atomic mass is 33.1. The molecule has 94 heavy (non-hydrogen) atoms. The van der Waals surface area contributed by atoms with Gasteiger partial charge in [0.25, 0.3) is 0 Å². The molecule has 12 bridgehead atoms. The number of carbonyl (C=O) groups excluding carboxylic acids is 1. The molecule has 15 heteroatoms. The maximum atomic E-state index is 14.2. The lowest BCUT2D eigenvalue weighted by Crippen LogP contribution is -2.52. The van der Waals surface area contributed by atoms with Crippen molar-refractivity contribution in [1.29, 1.82) is 0 Å². The zero-order valence-electron chi connectivity index (χ0n) is 54.0. The number of phenolic OH excluding ortho intramolecular Hbond substituents is 2. The number of fused-ring (bicyclic) bond motifs is 14. The highest BCUT2D eigenvalue weighted by Crippen LogP contribution is 2.65. The number of aromatic hydroxyl groups is 2. The number of benzene rings is 5. The number of ether oxygens (including phenoxy) is 5. The molecule has 1 unspecified atom stereocenters. The topological polar surface area (TPSA) is 186 Å². The number of nitrogens with two attached hydrogens (primary N) is 1. The summed E-state index contributed by atoms with van der Waals surface area (Å²) in [4.78, 5) is 13.6. The molecule has 0 amide bonds. The van der Waals surface area contributed by atoms with E-state index in [-0.39, 0.29) is 84.2 Å². The minimum atomic E-state index is -0.868. The smallest absolute Gasteiger partial charge is 0.302 e. The van der Waals surface area contributed by atoms with Crippen LogP contribution in [-0.2, 0) is 58.3 Å². The minimum Gasteiger partial charge on any atom is -0.508 e. The van der Waals surface area contributed by atoms with Gasteiger partial charge >= 0.3 is 5.97 Å². The molecular formula is C79H86N4O9S2. The molecule has 3 fully saturated rings. The molecule has 16 atom stereocenters. The Kier molecular flexibility index (Phi) is 16.9. The van der Waals surface area contributed by atoms with Crippen LogP contribution in [0.2, 0.25) is 0 Å². The number of carbonyl (C=O) groups is 1. The van der Waals surface area contributed by atoms with Gasteiger partial charge in [-0.05, 0) is 164 Å². The molecule has 0 aromatic heterocycles. The van der Waals surface area contributed by atoms with Crippen LogP contribution in [-0.4, -0.2) is 96.7 Å². The predicted molar refractivity (Wildman–Crippen MR) is 370 cm³/mol. The van der Waals surface area contributed by atoms with Crippen LogP contribution >= 0.6 is 21.6 Å². The molecule has 488 valence electrons. The monoisotopic (exact) mass is 1300 g/mol. The number of hydrogen-bond acceptors (Lipinski definition) is 15. The molecule has 13 nitrogen and oxygen atoms in total. The average Bonchev–Trinajstić information content (AvgIpc) is 1.47. The van der Waals surface area contributed by atoms with E-state index in [2.05, 4.69) is 125 Å². The maximum Gasteiger partial charge on any atom is 0.302 e. The van der Waals surface area contributed by atoms with E-state index in [4.69, 9.17) is 29.4 Å². The van der Waals surface area contributed by atoms with E-state index in [0.29, 0.717) is 53.6 Å². The summed E-state index contributed by atoms with van der Waals surface area (Å²) in [5.74, 6) is 16.8. The quantitative estimate of drug-likeness (QED) is 0.0442. The van der Waals surface area contributed by atoms with Crippen molar-refractivity contribution in [3.8, 4) is 63.6 Å². The lowest BCUT2D eigenvalue weighted by atomic mass is 9.64. The Morgan fingerprint density at radius 2 is 1.78 bits per heavy atom. The van der Waals surface area contributed by atoms with E-state index < -0.39 is 41.6 Å². The second kappa shape index (κ2) is 25.7. The number of methoxy groups -OCH3 is 2. The van der Waals surface area contributed by atoms with Crippen LogP contribution in [0.25, 0.3) is 17.2 Å². The van der Waals surface area contributed by atoms with E-state index >= 15 is 0 Å². The van der Waals surface area contributed by atoms with Crippen molar-refractivity contribution in [3.05, 3.63) is 163 Å². The first-order valence-corrected chi connectivity index (χ1v) is 36.9. The highest BCUT2D eigenvalue weighted by Gasteiger charge is 2.54. The first-order chi connectivity index (χ1) is 45.9. The first kappa shape index (κ1) is 62.0. The lowest BCUT2D eigenvalue weighted by Gasteiger charge is -2.40. The molecule has 1 spiro atoms. The summed E-state index contributed by atoms with van der Waals surface area (Å²) in [7, 11) is 7.30. The fourth-order valence-corrected chi connectivity index (χ4v) is 22.2. The Balaban J connectivity index is 1.03. The van der Waals surface area contributed by atoms with Crippen LogP contribution in [0.4, 0.5) is 0 Å². The van der Waals surface area contributed by atoms with E-state index in [1.54, 1.807) is 20.3 Å². The molecule has 6 aliphatic heterocycles. The Bertz CT molecular complexity index is 4050. The molecule has 2 saturated carbocycles. The van der Waals surface area contributed by atoms with Gasteiger partial charge in [-0.2, -0.15) is 0 Å². The number of hydrogen-bond donors (Lipinski definition) is 7. The number of aliphatic hydroxyl groups excluding tert-OH is 1.